The van der Waals surface area contributed by atoms with Crippen LogP contribution in [0.5, 0.6) is 17.2 Å². The summed E-state index contributed by atoms with van der Waals surface area (Å²) in [5.74, 6) is 0.140. The second-order valence-corrected chi connectivity index (χ2v) is 10.5. The number of unbranched alkanes of at least 4 members (excludes halogenated alkanes) is 1. The van der Waals surface area contributed by atoms with Crippen LogP contribution in [0.25, 0.3) is 16.0 Å². The first-order valence-corrected chi connectivity index (χ1v) is 14.6. The fourth-order valence-electron chi connectivity index (χ4n) is 4.74. The normalized spacial score (nSPS) is 16.4. The molecular weight excluding hydrogens is 540 g/mol. The van der Waals surface area contributed by atoms with Gasteiger partial charge in [-0.25, -0.2) is 4.98 Å². The number of aliphatic hydroxyl groups is 1. The summed E-state index contributed by atoms with van der Waals surface area (Å²) in [4.78, 5) is 33.3. The maximum absolute atomic E-state index is 13.6. The van der Waals surface area contributed by atoms with Crippen LogP contribution in [0.3, 0.4) is 0 Å². The Labute approximate surface area is 242 Å². The molecule has 3 aromatic carbocycles. The summed E-state index contributed by atoms with van der Waals surface area (Å²) < 4.78 is 17.9. The fraction of sp³-hybridized carbons (Fsp3) is 0.281. The van der Waals surface area contributed by atoms with Gasteiger partial charge in [0.25, 0.3) is 5.78 Å². The van der Waals surface area contributed by atoms with E-state index in [0.717, 1.165) is 17.5 Å². The van der Waals surface area contributed by atoms with Crippen LogP contribution in [0, 0.1) is 0 Å². The Morgan fingerprint density at radius 2 is 1.61 bits per heavy atom. The van der Waals surface area contributed by atoms with Gasteiger partial charge >= 0.3 is 5.91 Å². The van der Waals surface area contributed by atoms with E-state index in [2.05, 4.69) is 6.92 Å². The third-order valence-electron chi connectivity index (χ3n) is 6.69. The van der Waals surface area contributed by atoms with E-state index in [-0.39, 0.29) is 11.3 Å². The summed E-state index contributed by atoms with van der Waals surface area (Å²) in [6, 6.07) is 18.7. The minimum atomic E-state index is -0.914. The molecule has 8 nitrogen and oxygen atoms in total. The number of anilines is 1. The fourth-order valence-corrected chi connectivity index (χ4v) is 5.76. The smallest absolute Gasteiger partial charge is 0.301 e. The van der Waals surface area contributed by atoms with E-state index in [0.29, 0.717) is 58.8 Å². The van der Waals surface area contributed by atoms with Gasteiger partial charge < -0.3 is 19.3 Å². The van der Waals surface area contributed by atoms with Gasteiger partial charge in [-0.3, -0.25) is 14.5 Å². The third kappa shape index (κ3) is 5.76. The highest BCUT2D eigenvalue weighted by Crippen LogP contribution is 2.45. The van der Waals surface area contributed by atoms with Crippen molar-refractivity contribution in [3.8, 4) is 17.2 Å². The van der Waals surface area contributed by atoms with Crippen LogP contribution < -0.4 is 19.1 Å². The number of ketones is 1. The van der Waals surface area contributed by atoms with Crippen LogP contribution in [0.15, 0.2) is 72.3 Å². The number of aliphatic hydroxyl groups excluding tert-OH is 1. The standard InChI is InChI=1S/C32H32N2O6S/c1-4-7-17-40-23-10-8-9-21(18-23)28-27(29(35)20-11-13-22(14-12-20)38-5-2)30(36)31(37)34(28)32-33-25-16-15-24(39-6-3)19-26(25)41-32/h8-16,18-19,28,35H,4-7,17H2,1-3H3/b29-27+. The zero-order valence-corrected chi connectivity index (χ0v) is 24.1. The lowest BCUT2D eigenvalue weighted by atomic mass is 9.95. The lowest BCUT2D eigenvalue weighted by Crippen LogP contribution is -2.29. The maximum atomic E-state index is 13.6. The average molecular weight is 573 g/mol. The zero-order chi connectivity index (χ0) is 28.9. The number of fused-ring (bicyclic) bond motifs is 1. The summed E-state index contributed by atoms with van der Waals surface area (Å²) >= 11 is 1.29. The Morgan fingerprint density at radius 1 is 0.902 bits per heavy atom. The monoisotopic (exact) mass is 572 g/mol. The van der Waals surface area contributed by atoms with E-state index < -0.39 is 17.7 Å². The number of hydrogen-bond acceptors (Lipinski definition) is 8. The molecule has 2 heterocycles. The van der Waals surface area contributed by atoms with Crippen molar-refractivity contribution in [1.29, 1.82) is 0 Å². The topological polar surface area (TPSA) is 98.2 Å². The van der Waals surface area contributed by atoms with Gasteiger partial charge in [0.15, 0.2) is 5.13 Å². The SMILES string of the molecule is CCCCOc1cccc(C2/C(=C(\O)c3ccc(OCC)cc3)C(=O)C(=O)N2c2nc3ccc(OCC)cc3s2)c1. The molecule has 1 atom stereocenters. The van der Waals surface area contributed by atoms with E-state index in [4.69, 9.17) is 19.2 Å². The molecule has 1 fully saturated rings. The van der Waals surface area contributed by atoms with Gasteiger partial charge in [0, 0.05) is 5.56 Å². The highest BCUT2D eigenvalue weighted by atomic mass is 32.1. The molecule has 1 N–H and O–H groups in total. The van der Waals surface area contributed by atoms with Crippen molar-refractivity contribution in [2.75, 3.05) is 24.7 Å². The van der Waals surface area contributed by atoms with E-state index in [1.165, 1.54) is 16.2 Å². The van der Waals surface area contributed by atoms with E-state index >= 15 is 0 Å². The Bertz CT molecular complexity index is 1590. The summed E-state index contributed by atoms with van der Waals surface area (Å²) in [5.41, 5.74) is 1.69. The van der Waals surface area contributed by atoms with Crippen molar-refractivity contribution in [2.24, 2.45) is 0 Å². The summed E-state index contributed by atoms with van der Waals surface area (Å²) in [5, 5.41) is 11.8. The molecule has 0 spiro atoms. The van der Waals surface area contributed by atoms with Crippen LogP contribution in [-0.4, -0.2) is 41.6 Å². The van der Waals surface area contributed by atoms with Gasteiger partial charge in [-0.05, 0) is 80.4 Å². The number of carbonyl (C=O) groups is 2. The van der Waals surface area contributed by atoms with Crippen LogP contribution in [0.1, 0.15) is 50.8 Å². The first-order valence-electron chi connectivity index (χ1n) is 13.8. The number of aromatic nitrogens is 1. The molecule has 1 amide bonds. The van der Waals surface area contributed by atoms with Gasteiger partial charge in [-0.2, -0.15) is 0 Å². The van der Waals surface area contributed by atoms with Crippen LogP contribution in [-0.2, 0) is 9.59 Å². The molecule has 1 aliphatic rings. The lowest BCUT2D eigenvalue weighted by Gasteiger charge is -2.23. The van der Waals surface area contributed by atoms with Crippen molar-refractivity contribution >= 4 is 44.1 Å². The lowest BCUT2D eigenvalue weighted by molar-refractivity contribution is -0.132. The van der Waals surface area contributed by atoms with Crippen LogP contribution in [0.2, 0.25) is 0 Å². The van der Waals surface area contributed by atoms with E-state index in [1.54, 1.807) is 24.3 Å². The molecule has 41 heavy (non-hydrogen) atoms. The van der Waals surface area contributed by atoms with Crippen molar-refractivity contribution in [3.63, 3.8) is 0 Å². The van der Waals surface area contributed by atoms with Crippen LogP contribution in [0.4, 0.5) is 5.13 Å². The number of amides is 1. The molecule has 5 rings (SSSR count). The van der Waals surface area contributed by atoms with Crippen molar-refractivity contribution < 1.29 is 28.9 Å². The molecule has 1 aromatic heterocycles. The Balaban J connectivity index is 1.63. The number of carbonyl (C=O) groups excluding carboxylic acids is 2. The second-order valence-electron chi connectivity index (χ2n) is 9.46. The molecule has 1 aliphatic heterocycles. The van der Waals surface area contributed by atoms with E-state index in [1.807, 2.05) is 56.3 Å². The number of Topliss-reactive ketones (excluding diaryl/α,β-unsaturated/α-hetero) is 1. The molecule has 0 aliphatic carbocycles. The molecule has 212 valence electrons. The molecule has 0 radical (unpaired) electrons. The molecule has 1 unspecified atom stereocenters. The van der Waals surface area contributed by atoms with Gasteiger partial charge in [0.05, 0.1) is 41.7 Å². The largest absolute Gasteiger partial charge is 0.507 e. The number of rotatable bonds is 11. The third-order valence-corrected chi connectivity index (χ3v) is 7.71. The average Bonchev–Trinajstić information content (AvgIpc) is 3.51. The van der Waals surface area contributed by atoms with E-state index in [9.17, 15) is 14.7 Å². The highest BCUT2D eigenvalue weighted by molar-refractivity contribution is 7.22. The molecule has 1 saturated heterocycles. The summed E-state index contributed by atoms with van der Waals surface area (Å²) in [6.45, 7) is 7.45. The van der Waals surface area contributed by atoms with Gasteiger partial charge in [-0.1, -0.05) is 36.8 Å². The highest BCUT2D eigenvalue weighted by Gasteiger charge is 2.48. The first-order chi connectivity index (χ1) is 19.9. The zero-order valence-electron chi connectivity index (χ0n) is 23.3. The molecule has 0 bridgehead atoms. The minimum absolute atomic E-state index is 0.0147. The van der Waals surface area contributed by atoms with Gasteiger partial charge in [-0.15, -0.1) is 0 Å². The predicted molar refractivity (Wildman–Crippen MR) is 160 cm³/mol. The van der Waals surface area contributed by atoms with Crippen molar-refractivity contribution in [3.05, 3.63) is 83.4 Å². The maximum Gasteiger partial charge on any atom is 0.301 e. The van der Waals surface area contributed by atoms with Gasteiger partial charge in [0.2, 0.25) is 0 Å². The number of hydrogen-bond donors (Lipinski definition) is 1. The number of benzene rings is 3. The Hall–Kier alpha value is -4.37. The second kappa shape index (κ2) is 12.4. The minimum Gasteiger partial charge on any atom is -0.507 e. The molecule has 0 saturated carbocycles. The predicted octanol–water partition coefficient (Wildman–Crippen LogP) is 6.90. The Kier molecular flexibility index (Phi) is 8.54. The molecule has 4 aromatic rings. The summed E-state index contributed by atoms with van der Waals surface area (Å²) in [7, 11) is 0. The quantitative estimate of drug-likeness (QED) is 0.0904. The summed E-state index contributed by atoms with van der Waals surface area (Å²) in [6.07, 6.45) is 1.89. The molecule has 9 heteroatoms. The number of thiazole rings is 1. The Morgan fingerprint density at radius 3 is 2.34 bits per heavy atom. The number of ether oxygens (including phenoxy) is 3. The van der Waals surface area contributed by atoms with Crippen molar-refractivity contribution in [1.82, 2.24) is 4.98 Å². The van der Waals surface area contributed by atoms with Crippen molar-refractivity contribution in [2.45, 2.75) is 39.7 Å². The first kappa shape index (κ1) is 28.2. The number of nitrogens with zero attached hydrogens (tertiary/aromatic N) is 2. The van der Waals surface area contributed by atoms with Gasteiger partial charge in [0.1, 0.15) is 23.0 Å². The van der Waals surface area contributed by atoms with Crippen LogP contribution >= 0.6 is 11.3 Å². The molecular formula is C32H32N2O6S.